The molecule has 0 saturated heterocycles. The van der Waals surface area contributed by atoms with Gasteiger partial charge in [0.05, 0.1) is 11.6 Å². The van der Waals surface area contributed by atoms with Gasteiger partial charge in [-0.1, -0.05) is 24.3 Å². The van der Waals surface area contributed by atoms with E-state index in [0.29, 0.717) is 12.3 Å². The topological polar surface area (TPSA) is 55.6 Å². The Morgan fingerprint density at radius 1 is 1.32 bits per heavy atom. The standard InChI is InChI=1S/C20H23FN2O2/c1-23(18-8-4-6-14-5-2-3-7-16(14)18)20(24)17-13-15(21)9-10-19(17)25-12-11-22/h2-3,5,7,9-10,13,18H,4,6,8,11-12,22H2,1H3. The van der Waals surface area contributed by atoms with Crippen molar-refractivity contribution in [2.45, 2.75) is 25.3 Å². The molecule has 0 heterocycles. The van der Waals surface area contributed by atoms with Gasteiger partial charge in [0.25, 0.3) is 5.91 Å². The van der Waals surface area contributed by atoms with Crippen molar-refractivity contribution in [3.63, 3.8) is 0 Å². The summed E-state index contributed by atoms with van der Waals surface area (Å²) in [6.07, 6.45) is 2.95. The Hall–Kier alpha value is -2.40. The molecule has 2 aromatic rings. The van der Waals surface area contributed by atoms with Crippen LogP contribution in [0.5, 0.6) is 5.75 Å². The summed E-state index contributed by atoms with van der Waals surface area (Å²) >= 11 is 0. The van der Waals surface area contributed by atoms with Crippen LogP contribution in [0.25, 0.3) is 0 Å². The molecule has 2 aromatic carbocycles. The van der Waals surface area contributed by atoms with Gasteiger partial charge in [0.2, 0.25) is 0 Å². The van der Waals surface area contributed by atoms with Crippen LogP contribution in [-0.4, -0.2) is 31.0 Å². The Morgan fingerprint density at radius 3 is 2.92 bits per heavy atom. The Morgan fingerprint density at radius 2 is 2.12 bits per heavy atom. The number of ether oxygens (including phenoxy) is 1. The molecule has 25 heavy (non-hydrogen) atoms. The maximum atomic E-state index is 13.7. The maximum absolute atomic E-state index is 13.7. The van der Waals surface area contributed by atoms with Crippen LogP contribution in [0.2, 0.25) is 0 Å². The highest BCUT2D eigenvalue weighted by atomic mass is 19.1. The van der Waals surface area contributed by atoms with Crippen molar-refractivity contribution in [1.82, 2.24) is 4.90 Å². The van der Waals surface area contributed by atoms with E-state index in [2.05, 4.69) is 12.1 Å². The van der Waals surface area contributed by atoms with Gasteiger partial charge in [-0.2, -0.15) is 0 Å². The molecule has 1 aliphatic carbocycles. The lowest BCUT2D eigenvalue weighted by atomic mass is 9.87. The minimum absolute atomic E-state index is 0.0110. The van der Waals surface area contributed by atoms with Crippen LogP contribution in [0, 0.1) is 5.82 Å². The first kappa shape index (κ1) is 17.4. The van der Waals surface area contributed by atoms with Crippen LogP contribution in [-0.2, 0) is 6.42 Å². The van der Waals surface area contributed by atoms with E-state index in [1.165, 1.54) is 29.3 Å². The van der Waals surface area contributed by atoms with Gasteiger partial charge in [0.15, 0.2) is 0 Å². The van der Waals surface area contributed by atoms with Crippen LogP contribution in [0.3, 0.4) is 0 Å². The van der Waals surface area contributed by atoms with Crippen molar-refractivity contribution in [3.05, 3.63) is 65.0 Å². The molecule has 1 amide bonds. The van der Waals surface area contributed by atoms with Gasteiger partial charge < -0.3 is 15.4 Å². The zero-order chi connectivity index (χ0) is 17.8. The fourth-order valence-electron chi connectivity index (χ4n) is 3.43. The summed E-state index contributed by atoms with van der Waals surface area (Å²) in [6.45, 7) is 0.610. The molecule has 1 aliphatic rings. The highest BCUT2D eigenvalue weighted by Gasteiger charge is 2.28. The summed E-state index contributed by atoms with van der Waals surface area (Å²) < 4.78 is 19.3. The van der Waals surface area contributed by atoms with Crippen molar-refractivity contribution < 1.29 is 13.9 Å². The van der Waals surface area contributed by atoms with Crippen LogP contribution in [0.4, 0.5) is 4.39 Å². The van der Waals surface area contributed by atoms with E-state index in [0.717, 1.165) is 19.3 Å². The van der Waals surface area contributed by atoms with Crippen LogP contribution in [0.1, 0.15) is 40.4 Å². The van der Waals surface area contributed by atoms with E-state index in [4.69, 9.17) is 10.5 Å². The third kappa shape index (κ3) is 3.66. The highest BCUT2D eigenvalue weighted by Crippen LogP contribution is 2.35. The first-order chi connectivity index (χ1) is 12.1. The number of amides is 1. The Labute approximate surface area is 147 Å². The number of carbonyl (C=O) groups is 1. The Balaban J connectivity index is 1.90. The van der Waals surface area contributed by atoms with E-state index < -0.39 is 5.82 Å². The molecule has 132 valence electrons. The minimum atomic E-state index is -0.458. The maximum Gasteiger partial charge on any atom is 0.257 e. The summed E-state index contributed by atoms with van der Waals surface area (Å²) in [6, 6.07) is 12.2. The van der Waals surface area contributed by atoms with Gasteiger partial charge in [-0.25, -0.2) is 4.39 Å². The quantitative estimate of drug-likeness (QED) is 0.907. The third-order valence-electron chi connectivity index (χ3n) is 4.67. The number of hydrogen-bond donors (Lipinski definition) is 1. The smallest absolute Gasteiger partial charge is 0.257 e. The average Bonchev–Trinajstić information content (AvgIpc) is 2.65. The number of rotatable bonds is 5. The number of carbonyl (C=O) groups excluding carboxylic acids is 1. The zero-order valence-electron chi connectivity index (χ0n) is 14.4. The third-order valence-corrected chi connectivity index (χ3v) is 4.67. The molecule has 0 fully saturated rings. The zero-order valence-corrected chi connectivity index (χ0v) is 14.4. The number of nitrogens with two attached hydrogens (primary N) is 1. The molecule has 0 saturated carbocycles. The molecule has 0 radical (unpaired) electrons. The number of aryl methyl sites for hydroxylation is 1. The fraction of sp³-hybridized carbons (Fsp3) is 0.350. The molecule has 0 aliphatic heterocycles. The summed E-state index contributed by atoms with van der Waals surface area (Å²) in [5, 5.41) is 0. The number of nitrogens with zero attached hydrogens (tertiary/aromatic N) is 1. The molecule has 5 heteroatoms. The summed E-state index contributed by atoms with van der Waals surface area (Å²) in [5.74, 6) is -0.332. The summed E-state index contributed by atoms with van der Waals surface area (Å²) in [4.78, 5) is 14.7. The largest absolute Gasteiger partial charge is 0.491 e. The Kier molecular flexibility index (Phi) is 5.34. The summed E-state index contributed by atoms with van der Waals surface area (Å²) in [5.41, 5.74) is 8.15. The van der Waals surface area contributed by atoms with Gasteiger partial charge in [-0.3, -0.25) is 4.79 Å². The number of fused-ring (bicyclic) bond motifs is 1. The molecule has 3 rings (SSSR count). The van der Waals surface area contributed by atoms with E-state index in [1.54, 1.807) is 11.9 Å². The lowest BCUT2D eigenvalue weighted by Gasteiger charge is -2.33. The van der Waals surface area contributed by atoms with Gasteiger partial charge in [-0.15, -0.1) is 0 Å². The van der Waals surface area contributed by atoms with Crippen molar-refractivity contribution in [3.8, 4) is 5.75 Å². The van der Waals surface area contributed by atoms with E-state index >= 15 is 0 Å². The second-order valence-corrected chi connectivity index (χ2v) is 6.30. The van der Waals surface area contributed by atoms with Crippen LogP contribution in [0.15, 0.2) is 42.5 Å². The predicted molar refractivity (Wildman–Crippen MR) is 95.2 cm³/mol. The number of benzene rings is 2. The molecule has 4 nitrogen and oxygen atoms in total. The minimum Gasteiger partial charge on any atom is -0.491 e. The second kappa shape index (κ2) is 7.66. The average molecular weight is 342 g/mol. The van der Waals surface area contributed by atoms with Crippen molar-refractivity contribution in [1.29, 1.82) is 0 Å². The van der Waals surface area contributed by atoms with Crippen molar-refractivity contribution in [2.75, 3.05) is 20.2 Å². The summed E-state index contributed by atoms with van der Waals surface area (Å²) in [7, 11) is 1.77. The molecular formula is C20H23FN2O2. The van der Waals surface area contributed by atoms with Crippen molar-refractivity contribution >= 4 is 5.91 Å². The molecule has 1 unspecified atom stereocenters. The van der Waals surface area contributed by atoms with Crippen LogP contribution < -0.4 is 10.5 Å². The monoisotopic (exact) mass is 342 g/mol. The van der Waals surface area contributed by atoms with Gasteiger partial charge >= 0.3 is 0 Å². The molecule has 0 bridgehead atoms. The first-order valence-electron chi connectivity index (χ1n) is 8.59. The van der Waals surface area contributed by atoms with Crippen molar-refractivity contribution in [2.24, 2.45) is 5.73 Å². The van der Waals surface area contributed by atoms with E-state index in [-0.39, 0.29) is 24.1 Å². The molecule has 1 atom stereocenters. The van der Waals surface area contributed by atoms with E-state index in [1.807, 2.05) is 12.1 Å². The SMILES string of the molecule is CN(C(=O)c1cc(F)ccc1OCCN)C1CCCc2ccccc21. The number of hydrogen-bond acceptors (Lipinski definition) is 3. The fourth-order valence-corrected chi connectivity index (χ4v) is 3.43. The molecular weight excluding hydrogens is 319 g/mol. The predicted octanol–water partition coefficient (Wildman–Crippen LogP) is 3.31. The molecule has 0 spiro atoms. The second-order valence-electron chi connectivity index (χ2n) is 6.30. The molecule has 0 aromatic heterocycles. The lowest BCUT2D eigenvalue weighted by Crippen LogP contribution is -2.33. The Bertz CT molecular complexity index is 763. The molecule has 2 N–H and O–H groups in total. The highest BCUT2D eigenvalue weighted by molar-refractivity contribution is 5.97. The lowest BCUT2D eigenvalue weighted by molar-refractivity contribution is 0.0710. The number of halogens is 1. The van der Waals surface area contributed by atoms with E-state index in [9.17, 15) is 9.18 Å². The first-order valence-corrected chi connectivity index (χ1v) is 8.59. The van der Waals surface area contributed by atoms with Crippen LogP contribution >= 0.6 is 0 Å². The van der Waals surface area contributed by atoms with Gasteiger partial charge in [0.1, 0.15) is 18.2 Å². The van der Waals surface area contributed by atoms with Gasteiger partial charge in [0, 0.05) is 13.6 Å². The van der Waals surface area contributed by atoms with Gasteiger partial charge in [-0.05, 0) is 48.6 Å². The normalized spacial score (nSPS) is 16.2.